The van der Waals surface area contributed by atoms with Crippen LogP contribution in [0.15, 0.2) is 24.3 Å². The van der Waals surface area contributed by atoms with Crippen molar-refractivity contribution in [2.24, 2.45) is 5.92 Å². The molecule has 1 aromatic carbocycles. The second-order valence-corrected chi connectivity index (χ2v) is 7.13. The fourth-order valence-corrected chi connectivity index (χ4v) is 3.70. The SMILES string of the molecule is C[C@@H]1CCCC[C@H]1N1C(=O)C(=O)N(CC(=O)Nc2ccc(OC(F)F)cc2)C1=O. The van der Waals surface area contributed by atoms with Gasteiger partial charge in [0.05, 0.1) is 0 Å². The summed E-state index contributed by atoms with van der Waals surface area (Å²) in [5, 5.41) is 2.45. The van der Waals surface area contributed by atoms with Gasteiger partial charge in [0.1, 0.15) is 12.3 Å². The van der Waals surface area contributed by atoms with Gasteiger partial charge in [-0.3, -0.25) is 19.3 Å². The summed E-state index contributed by atoms with van der Waals surface area (Å²) in [6, 6.07) is 4.03. The number of carbonyl (C=O) groups is 4. The molecule has 1 heterocycles. The van der Waals surface area contributed by atoms with Crippen LogP contribution in [0.2, 0.25) is 0 Å². The Labute approximate surface area is 165 Å². The zero-order valence-electron chi connectivity index (χ0n) is 15.8. The number of carbonyl (C=O) groups excluding carboxylic acids is 4. The molecule has 2 aliphatic rings. The first-order valence-corrected chi connectivity index (χ1v) is 9.31. The van der Waals surface area contributed by atoms with Gasteiger partial charge in [-0.25, -0.2) is 9.69 Å². The molecule has 2 fully saturated rings. The molecule has 3 rings (SSSR count). The number of amides is 5. The average Bonchev–Trinajstić information content (AvgIpc) is 2.87. The van der Waals surface area contributed by atoms with Crippen LogP contribution >= 0.6 is 0 Å². The van der Waals surface area contributed by atoms with E-state index in [1.807, 2.05) is 6.92 Å². The maximum Gasteiger partial charge on any atom is 0.387 e. The van der Waals surface area contributed by atoms with Crippen LogP contribution in [0, 0.1) is 5.92 Å². The molecule has 1 aliphatic heterocycles. The molecule has 1 N–H and O–H groups in total. The molecule has 0 aromatic heterocycles. The molecule has 1 aromatic rings. The van der Waals surface area contributed by atoms with Gasteiger partial charge < -0.3 is 10.1 Å². The van der Waals surface area contributed by atoms with E-state index in [2.05, 4.69) is 10.1 Å². The summed E-state index contributed by atoms with van der Waals surface area (Å²) in [6.45, 7) is -1.64. The van der Waals surface area contributed by atoms with Gasteiger partial charge in [-0.15, -0.1) is 0 Å². The quantitative estimate of drug-likeness (QED) is 0.576. The molecule has 0 spiro atoms. The molecule has 156 valence electrons. The van der Waals surface area contributed by atoms with Crippen LogP contribution in [0.1, 0.15) is 32.6 Å². The van der Waals surface area contributed by atoms with Crippen LogP contribution in [0.4, 0.5) is 19.3 Å². The number of nitrogens with one attached hydrogen (secondary N) is 1. The molecular weight excluding hydrogens is 388 g/mol. The van der Waals surface area contributed by atoms with Crippen molar-refractivity contribution in [3.8, 4) is 5.75 Å². The Morgan fingerprint density at radius 2 is 1.79 bits per heavy atom. The topological polar surface area (TPSA) is 96.0 Å². The number of hydrogen-bond acceptors (Lipinski definition) is 5. The van der Waals surface area contributed by atoms with E-state index in [1.54, 1.807) is 0 Å². The number of imide groups is 2. The van der Waals surface area contributed by atoms with Gasteiger partial charge in [-0.2, -0.15) is 8.78 Å². The van der Waals surface area contributed by atoms with Gasteiger partial charge in [0.15, 0.2) is 0 Å². The van der Waals surface area contributed by atoms with Crippen LogP contribution in [0.5, 0.6) is 5.75 Å². The lowest BCUT2D eigenvalue weighted by atomic mass is 9.85. The third kappa shape index (κ3) is 4.52. The molecule has 5 amide bonds. The standard InChI is InChI=1S/C19H21F2N3O5/c1-11-4-2-3-5-14(11)24-17(27)16(26)23(19(24)28)10-15(25)22-12-6-8-13(9-7-12)29-18(20)21/h6-9,11,14,18H,2-5,10H2,1H3,(H,22,25)/t11-,14-/m1/s1. The highest BCUT2D eigenvalue weighted by molar-refractivity contribution is 6.45. The van der Waals surface area contributed by atoms with Crippen LogP contribution in [-0.4, -0.2) is 52.8 Å². The second kappa shape index (κ2) is 8.54. The van der Waals surface area contributed by atoms with E-state index >= 15 is 0 Å². The number of hydrogen-bond donors (Lipinski definition) is 1. The zero-order chi connectivity index (χ0) is 21.1. The normalized spacial score (nSPS) is 22.4. The van der Waals surface area contributed by atoms with Crippen molar-refractivity contribution in [2.45, 2.75) is 45.3 Å². The number of halogens is 2. The Balaban J connectivity index is 1.63. The number of rotatable bonds is 6. The smallest absolute Gasteiger partial charge is 0.387 e. The van der Waals surface area contributed by atoms with Gasteiger partial charge in [-0.1, -0.05) is 19.8 Å². The fourth-order valence-electron chi connectivity index (χ4n) is 3.70. The van der Waals surface area contributed by atoms with Crippen molar-refractivity contribution in [2.75, 3.05) is 11.9 Å². The minimum atomic E-state index is -2.96. The van der Waals surface area contributed by atoms with Crippen LogP contribution < -0.4 is 10.1 Å². The summed E-state index contributed by atoms with van der Waals surface area (Å²) in [4.78, 5) is 51.1. The Bertz CT molecular complexity index is 815. The number of ether oxygens (including phenoxy) is 1. The van der Waals surface area contributed by atoms with Crippen molar-refractivity contribution in [3.63, 3.8) is 0 Å². The molecule has 1 saturated carbocycles. The highest BCUT2D eigenvalue weighted by Gasteiger charge is 2.49. The first-order chi connectivity index (χ1) is 13.8. The summed E-state index contributed by atoms with van der Waals surface area (Å²) in [5.74, 6) is -2.61. The maximum absolute atomic E-state index is 12.6. The molecule has 0 unspecified atom stereocenters. The van der Waals surface area contributed by atoms with Gasteiger partial charge in [0, 0.05) is 11.7 Å². The Kier molecular flexibility index (Phi) is 6.09. The minimum absolute atomic E-state index is 0.0780. The minimum Gasteiger partial charge on any atom is -0.435 e. The monoisotopic (exact) mass is 409 g/mol. The van der Waals surface area contributed by atoms with E-state index in [-0.39, 0.29) is 23.4 Å². The number of alkyl halides is 2. The van der Waals surface area contributed by atoms with Crippen LogP contribution in [-0.2, 0) is 14.4 Å². The van der Waals surface area contributed by atoms with E-state index in [0.717, 1.165) is 24.2 Å². The third-order valence-corrected chi connectivity index (χ3v) is 5.15. The molecule has 8 nitrogen and oxygen atoms in total. The van der Waals surface area contributed by atoms with Crippen molar-refractivity contribution >= 4 is 29.4 Å². The van der Waals surface area contributed by atoms with Crippen molar-refractivity contribution in [1.82, 2.24) is 9.80 Å². The molecule has 29 heavy (non-hydrogen) atoms. The third-order valence-electron chi connectivity index (χ3n) is 5.15. The van der Waals surface area contributed by atoms with Crippen LogP contribution in [0.3, 0.4) is 0 Å². The second-order valence-electron chi connectivity index (χ2n) is 7.13. The Hall–Kier alpha value is -3.04. The fraction of sp³-hybridized carbons (Fsp3) is 0.474. The first-order valence-electron chi connectivity index (χ1n) is 9.31. The molecule has 1 saturated heterocycles. The molecule has 2 atom stereocenters. The number of urea groups is 1. The molecule has 0 radical (unpaired) electrons. The molecule has 0 bridgehead atoms. The van der Waals surface area contributed by atoms with E-state index in [1.165, 1.54) is 24.3 Å². The number of benzene rings is 1. The maximum atomic E-state index is 12.6. The largest absolute Gasteiger partial charge is 0.435 e. The Morgan fingerprint density at radius 1 is 1.14 bits per heavy atom. The average molecular weight is 409 g/mol. The van der Waals surface area contributed by atoms with Gasteiger partial charge in [0.25, 0.3) is 0 Å². The highest BCUT2D eigenvalue weighted by Crippen LogP contribution is 2.31. The van der Waals surface area contributed by atoms with Crippen LogP contribution in [0.25, 0.3) is 0 Å². The lowest BCUT2D eigenvalue weighted by Crippen LogP contribution is -2.46. The van der Waals surface area contributed by atoms with Crippen molar-refractivity contribution in [3.05, 3.63) is 24.3 Å². The van der Waals surface area contributed by atoms with E-state index in [9.17, 15) is 28.0 Å². The number of anilines is 1. The summed E-state index contributed by atoms with van der Waals surface area (Å²) in [6.07, 6.45) is 3.38. The summed E-state index contributed by atoms with van der Waals surface area (Å²) >= 11 is 0. The summed E-state index contributed by atoms with van der Waals surface area (Å²) in [7, 11) is 0. The highest BCUT2D eigenvalue weighted by atomic mass is 19.3. The predicted molar refractivity (Wildman–Crippen MR) is 97.1 cm³/mol. The van der Waals surface area contributed by atoms with Gasteiger partial charge in [0.2, 0.25) is 5.91 Å². The van der Waals surface area contributed by atoms with Crippen molar-refractivity contribution in [1.29, 1.82) is 0 Å². The zero-order valence-corrected chi connectivity index (χ0v) is 15.8. The van der Waals surface area contributed by atoms with E-state index in [4.69, 9.17) is 0 Å². The molecule has 10 heteroatoms. The van der Waals surface area contributed by atoms with E-state index in [0.29, 0.717) is 11.3 Å². The number of nitrogens with zero attached hydrogens (tertiary/aromatic N) is 2. The van der Waals surface area contributed by atoms with E-state index < -0.39 is 36.9 Å². The predicted octanol–water partition coefficient (Wildman–Crippen LogP) is 2.60. The lowest BCUT2D eigenvalue weighted by molar-refractivity contribution is -0.145. The van der Waals surface area contributed by atoms with Gasteiger partial charge >= 0.3 is 24.5 Å². The molecular formula is C19H21F2N3O5. The van der Waals surface area contributed by atoms with Gasteiger partial charge in [-0.05, 0) is 43.0 Å². The first kappa shape index (κ1) is 20.7. The summed E-state index contributed by atoms with van der Waals surface area (Å²) in [5.41, 5.74) is 0.264. The Morgan fingerprint density at radius 3 is 2.41 bits per heavy atom. The lowest BCUT2D eigenvalue weighted by Gasteiger charge is -2.34. The van der Waals surface area contributed by atoms with Crippen molar-refractivity contribution < 1.29 is 32.7 Å². The molecule has 1 aliphatic carbocycles. The summed E-state index contributed by atoms with van der Waals surface area (Å²) < 4.78 is 28.5.